The third kappa shape index (κ3) is 4.46. The molecule has 0 fully saturated rings. The maximum absolute atomic E-state index is 12.2. The van der Waals surface area contributed by atoms with E-state index in [-0.39, 0.29) is 11.9 Å². The summed E-state index contributed by atoms with van der Waals surface area (Å²) in [5.74, 6) is 0.103. The summed E-state index contributed by atoms with van der Waals surface area (Å²) in [6.45, 7) is 7.30. The van der Waals surface area contributed by atoms with Crippen molar-refractivity contribution in [3.05, 3.63) is 25.6 Å². The second-order valence-corrected chi connectivity index (χ2v) is 6.75. The molecule has 0 bridgehead atoms. The Balaban J connectivity index is 2.88. The molecular weight excluding hydrogens is 440 g/mol. The van der Waals surface area contributed by atoms with E-state index in [9.17, 15) is 4.79 Å². The summed E-state index contributed by atoms with van der Waals surface area (Å²) in [5, 5.41) is 3.25. The van der Waals surface area contributed by atoms with E-state index in [1.165, 1.54) is 0 Å². The highest BCUT2D eigenvalue weighted by Crippen LogP contribution is 2.34. The van der Waals surface area contributed by atoms with Crippen molar-refractivity contribution in [1.82, 2.24) is 4.90 Å². The molecule has 106 valence electrons. The molecule has 0 aromatic heterocycles. The van der Waals surface area contributed by atoms with Crippen molar-refractivity contribution >= 4 is 59.4 Å². The van der Waals surface area contributed by atoms with Crippen LogP contribution in [0.25, 0.3) is 0 Å². The van der Waals surface area contributed by atoms with Crippen molar-refractivity contribution in [3.63, 3.8) is 0 Å². The Kier molecular flexibility index (Phi) is 6.83. The number of likely N-dealkylation sites (N-methyl/N-ethyl adjacent to an activating group) is 1. The van der Waals surface area contributed by atoms with Crippen molar-refractivity contribution in [2.45, 2.75) is 26.8 Å². The number of anilines is 1. The second kappa shape index (κ2) is 7.64. The minimum atomic E-state index is -0.270. The molecule has 0 spiro atoms. The Bertz CT molecular complexity index is 438. The van der Waals surface area contributed by atoms with Gasteiger partial charge in [0.1, 0.15) is 6.04 Å². The maximum Gasteiger partial charge on any atom is 0.244 e. The molecule has 0 saturated heterocycles. The third-order valence-corrected chi connectivity index (χ3v) is 4.52. The fourth-order valence-corrected chi connectivity index (χ4v) is 4.26. The molecule has 0 heterocycles. The fourth-order valence-electron chi connectivity index (χ4n) is 1.77. The Morgan fingerprint density at radius 2 is 1.68 bits per heavy atom. The number of hydrogen-bond donors (Lipinski definition) is 1. The summed E-state index contributed by atoms with van der Waals surface area (Å²) in [6.07, 6.45) is 0. The standard InChI is InChI=1S/C13H17Br3N2O/c1-4-18(5-2)13(19)8(3)17-12-10(15)6-9(14)7-11(12)16/h6-8,17H,4-5H2,1-3H3. The van der Waals surface area contributed by atoms with Gasteiger partial charge in [0.05, 0.1) is 5.69 Å². The molecule has 1 unspecified atom stereocenters. The molecule has 1 rings (SSSR count). The highest BCUT2D eigenvalue weighted by atomic mass is 79.9. The SMILES string of the molecule is CCN(CC)C(=O)C(C)Nc1c(Br)cc(Br)cc1Br. The van der Waals surface area contributed by atoms with Gasteiger partial charge < -0.3 is 10.2 Å². The van der Waals surface area contributed by atoms with Crippen LogP contribution in [-0.2, 0) is 4.79 Å². The molecule has 3 nitrogen and oxygen atoms in total. The summed E-state index contributed by atoms with van der Waals surface area (Å²) in [6, 6.07) is 3.62. The van der Waals surface area contributed by atoms with Gasteiger partial charge in [0.25, 0.3) is 0 Å². The molecule has 19 heavy (non-hydrogen) atoms. The van der Waals surface area contributed by atoms with Gasteiger partial charge in [0.2, 0.25) is 5.91 Å². The number of nitrogens with one attached hydrogen (secondary N) is 1. The van der Waals surface area contributed by atoms with E-state index in [1.807, 2.05) is 37.8 Å². The van der Waals surface area contributed by atoms with Crippen LogP contribution in [0, 0.1) is 0 Å². The highest BCUT2D eigenvalue weighted by Gasteiger charge is 2.19. The van der Waals surface area contributed by atoms with Crippen molar-refractivity contribution in [3.8, 4) is 0 Å². The predicted octanol–water partition coefficient (Wildman–Crippen LogP) is 4.64. The summed E-state index contributed by atoms with van der Waals surface area (Å²) in [7, 11) is 0. The van der Waals surface area contributed by atoms with E-state index < -0.39 is 0 Å². The lowest BCUT2D eigenvalue weighted by molar-refractivity contribution is -0.131. The van der Waals surface area contributed by atoms with Crippen molar-refractivity contribution in [2.75, 3.05) is 18.4 Å². The Morgan fingerprint density at radius 3 is 2.11 bits per heavy atom. The number of carbonyl (C=O) groups is 1. The van der Waals surface area contributed by atoms with Crippen LogP contribution in [0.4, 0.5) is 5.69 Å². The van der Waals surface area contributed by atoms with Crippen LogP contribution in [0.2, 0.25) is 0 Å². The fraction of sp³-hybridized carbons (Fsp3) is 0.462. The van der Waals surface area contributed by atoms with Gasteiger partial charge >= 0.3 is 0 Å². The van der Waals surface area contributed by atoms with Gasteiger partial charge in [-0.05, 0) is 64.8 Å². The van der Waals surface area contributed by atoms with Gasteiger partial charge in [-0.2, -0.15) is 0 Å². The van der Waals surface area contributed by atoms with E-state index >= 15 is 0 Å². The average Bonchev–Trinajstić information content (AvgIpc) is 2.34. The maximum atomic E-state index is 12.2. The lowest BCUT2D eigenvalue weighted by Gasteiger charge is -2.25. The molecule has 1 amide bonds. The molecule has 0 aliphatic carbocycles. The zero-order chi connectivity index (χ0) is 14.6. The van der Waals surface area contributed by atoms with E-state index in [0.29, 0.717) is 0 Å². The number of halogens is 3. The van der Waals surface area contributed by atoms with Crippen molar-refractivity contribution in [2.24, 2.45) is 0 Å². The number of hydrogen-bond acceptors (Lipinski definition) is 2. The topological polar surface area (TPSA) is 32.3 Å². The zero-order valence-electron chi connectivity index (χ0n) is 11.1. The molecule has 0 saturated carbocycles. The molecule has 1 N–H and O–H groups in total. The Labute approximate surface area is 139 Å². The van der Waals surface area contributed by atoms with Gasteiger partial charge in [-0.1, -0.05) is 15.9 Å². The molecule has 0 aliphatic rings. The first kappa shape index (κ1) is 17.0. The minimum Gasteiger partial charge on any atom is -0.372 e. The van der Waals surface area contributed by atoms with Crippen LogP contribution in [0.3, 0.4) is 0 Å². The van der Waals surface area contributed by atoms with Gasteiger partial charge in [-0.15, -0.1) is 0 Å². The monoisotopic (exact) mass is 454 g/mol. The van der Waals surface area contributed by atoms with E-state index in [4.69, 9.17) is 0 Å². The number of carbonyl (C=O) groups excluding carboxylic acids is 1. The highest BCUT2D eigenvalue weighted by molar-refractivity contribution is 9.11. The number of rotatable bonds is 5. The number of amides is 1. The van der Waals surface area contributed by atoms with Gasteiger partial charge in [0.15, 0.2) is 0 Å². The lowest BCUT2D eigenvalue weighted by atomic mass is 10.2. The van der Waals surface area contributed by atoms with Crippen molar-refractivity contribution < 1.29 is 4.79 Å². The first-order valence-electron chi connectivity index (χ1n) is 6.10. The van der Waals surface area contributed by atoms with Gasteiger partial charge in [-0.3, -0.25) is 4.79 Å². The Hall–Kier alpha value is -0.0700. The predicted molar refractivity (Wildman–Crippen MR) is 90.6 cm³/mol. The van der Waals surface area contributed by atoms with Crippen LogP contribution in [0.5, 0.6) is 0 Å². The van der Waals surface area contributed by atoms with Crippen LogP contribution in [0.1, 0.15) is 20.8 Å². The summed E-state index contributed by atoms with van der Waals surface area (Å²) >= 11 is 10.4. The molecular formula is C13H17Br3N2O. The smallest absolute Gasteiger partial charge is 0.244 e. The summed E-state index contributed by atoms with van der Waals surface area (Å²) in [5.41, 5.74) is 0.885. The van der Waals surface area contributed by atoms with Crippen LogP contribution < -0.4 is 5.32 Å². The van der Waals surface area contributed by atoms with Gasteiger partial charge in [-0.25, -0.2) is 0 Å². The minimum absolute atomic E-state index is 0.103. The first-order chi connectivity index (χ1) is 8.90. The zero-order valence-corrected chi connectivity index (χ0v) is 15.9. The first-order valence-corrected chi connectivity index (χ1v) is 8.48. The normalized spacial score (nSPS) is 12.1. The van der Waals surface area contributed by atoms with E-state index in [1.54, 1.807) is 0 Å². The quantitative estimate of drug-likeness (QED) is 0.699. The molecule has 0 radical (unpaired) electrons. The van der Waals surface area contributed by atoms with Gasteiger partial charge in [0, 0.05) is 26.5 Å². The van der Waals surface area contributed by atoms with Crippen LogP contribution in [0.15, 0.2) is 25.6 Å². The second-order valence-electron chi connectivity index (χ2n) is 4.12. The molecule has 0 aliphatic heterocycles. The molecule has 1 aromatic rings. The van der Waals surface area contributed by atoms with E-state index in [0.717, 1.165) is 32.2 Å². The summed E-state index contributed by atoms with van der Waals surface area (Å²) in [4.78, 5) is 14.0. The van der Waals surface area contributed by atoms with E-state index in [2.05, 4.69) is 53.1 Å². The molecule has 6 heteroatoms. The van der Waals surface area contributed by atoms with Crippen LogP contribution in [-0.4, -0.2) is 29.9 Å². The molecule has 1 aromatic carbocycles. The van der Waals surface area contributed by atoms with Crippen molar-refractivity contribution in [1.29, 1.82) is 0 Å². The summed E-state index contributed by atoms with van der Waals surface area (Å²) < 4.78 is 2.79. The largest absolute Gasteiger partial charge is 0.372 e. The third-order valence-electron chi connectivity index (χ3n) is 2.81. The molecule has 1 atom stereocenters. The number of benzene rings is 1. The average molecular weight is 457 g/mol. The lowest BCUT2D eigenvalue weighted by Crippen LogP contribution is -2.41. The van der Waals surface area contributed by atoms with Crippen LogP contribution >= 0.6 is 47.8 Å². The Morgan fingerprint density at radius 1 is 1.21 bits per heavy atom. The number of nitrogens with zero attached hydrogens (tertiary/aromatic N) is 1.